The Morgan fingerprint density at radius 2 is 1.80 bits per heavy atom. The Hall–Kier alpha value is -2.22. The van der Waals surface area contributed by atoms with Crippen LogP contribution in [0.3, 0.4) is 0 Å². The van der Waals surface area contributed by atoms with Crippen LogP contribution in [0.5, 0.6) is 5.75 Å². The topological polar surface area (TPSA) is 47.6 Å². The molecule has 0 saturated carbocycles. The third kappa shape index (κ3) is 3.66. The van der Waals surface area contributed by atoms with Gasteiger partial charge < -0.3 is 14.8 Å². The molecule has 2 aliphatic heterocycles. The molecule has 0 aliphatic carbocycles. The lowest BCUT2D eigenvalue weighted by molar-refractivity contribution is -0.135. The van der Waals surface area contributed by atoms with Crippen molar-refractivity contribution in [3.8, 4) is 5.75 Å². The first-order chi connectivity index (χ1) is 14.4. The lowest BCUT2D eigenvalue weighted by atomic mass is 9.85. The lowest BCUT2D eigenvalue weighted by Gasteiger charge is -2.37. The fraction of sp³-hybridized carbons (Fsp3) is 0.217. The number of carbonyl (C=O) groups excluding carboxylic acids is 1. The predicted octanol–water partition coefficient (Wildman–Crippen LogP) is 5.96. The highest BCUT2D eigenvalue weighted by atomic mass is 32.2. The van der Waals surface area contributed by atoms with Crippen molar-refractivity contribution in [3.05, 3.63) is 68.8 Å². The van der Waals surface area contributed by atoms with Gasteiger partial charge in [-0.05, 0) is 37.6 Å². The molecule has 0 saturated heterocycles. The summed E-state index contributed by atoms with van der Waals surface area (Å²) in [5, 5.41) is 3.52. The van der Waals surface area contributed by atoms with Gasteiger partial charge in [0.15, 0.2) is 0 Å². The van der Waals surface area contributed by atoms with Gasteiger partial charge >= 0.3 is 5.97 Å². The van der Waals surface area contributed by atoms with Gasteiger partial charge in [-0.1, -0.05) is 66.1 Å². The van der Waals surface area contributed by atoms with Gasteiger partial charge in [0.1, 0.15) is 10.7 Å². The number of fused-ring (bicyclic) bond motifs is 1. The number of esters is 1. The fourth-order valence-corrected chi connectivity index (χ4v) is 6.52. The molecular formula is C23H21NO3S3. The van der Waals surface area contributed by atoms with Crippen LogP contribution in [0.1, 0.15) is 25.0 Å². The Morgan fingerprint density at radius 3 is 2.47 bits per heavy atom. The van der Waals surface area contributed by atoms with Gasteiger partial charge in [0.25, 0.3) is 0 Å². The Bertz CT molecular complexity index is 1100. The van der Waals surface area contributed by atoms with E-state index in [1.165, 1.54) is 18.9 Å². The summed E-state index contributed by atoms with van der Waals surface area (Å²) in [5.74, 6) is 0.417. The molecule has 7 heteroatoms. The van der Waals surface area contributed by atoms with E-state index in [0.717, 1.165) is 42.1 Å². The number of thiocarbonyl (C=S) groups is 1. The van der Waals surface area contributed by atoms with E-state index < -0.39 is 5.54 Å². The van der Waals surface area contributed by atoms with Crippen LogP contribution >= 0.6 is 35.7 Å². The van der Waals surface area contributed by atoms with Crippen LogP contribution in [0.2, 0.25) is 0 Å². The van der Waals surface area contributed by atoms with Crippen molar-refractivity contribution < 1.29 is 14.3 Å². The maximum Gasteiger partial charge on any atom is 0.345 e. The molecule has 30 heavy (non-hydrogen) atoms. The molecule has 0 fully saturated rings. The van der Waals surface area contributed by atoms with Crippen molar-refractivity contribution in [2.45, 2.75) is 19.4 Å². The number of thioether (sulfide) groups is 2. The molecule has 0 atom stereocenters. The average Bonchev–Trinajstić information content (AvgIpc) is 3.19. The highest BCUT2D eigenvalue weighted by molar-refractivity contribution is 8.32. The second-order valence-electron chi connectivity index (χ2n) is 7.37. The van der Waals surface area contributed by atoms with E-state index in [0.29, 0.717) is 4.91 Å². The number of methoxy groups -OCH3 is 2. The zero-order valence-corrected chi connectivity index (χ0v) is 19.5. The molecule has 2 aliphatic rings. The molecule has 0 spiro atoms. The first-order valence-electron chi connectivity index (χ1n) is 9.35. The van der Waals surface area contributed by atoms with E-state index in [4.69, 9.17) is 21.7 Å². The SMILES string of the molecule is COC(=O)C1=C(c2ccccc2)S/C(=C2/C(=S)C(C)(C)Nc3ccc(OC)cc32)S1. The minimum absolute atomic E-state index is 0.341. The summed E-state index contributed by atoms with van der Waals surface area (Å²) < 4.78 is 11.5. The molecule has 2 heterocycles. The molecule has 0 aromatic heterocycles. The first-order valence-corrected chi connectivity index (χ1v) is 11.4. The first kappa shape index (κ1) is 21.0. The Balaban J connectivity index is 1.89. The Labute approximate surface area is 190 Å². The van der Waals surface area contributed by atoms with Crippen LogP contribution in [-0.4, -0.2) is 30.6 Å². The zero-order valence-electron chi connectivity index (χ0n) is 17.1. The molecule has 0 bridgehead atoms. The van der Waals surface area contributed by atoms with Crippen LogP contribution in [0.4, 0.5) is 5.69 Å². The summed E-state index contributed by atoms with van der Waals surface area (Å²) in [6, 6.07) is 15.8. The number of benzene rings is 2. The summed E-state index contributed by atoms with van der Waals surface area (Å²) in [6.45, 7) is 4.14. The standard InChI is InChI=1S/C23H21NO3S3/c1-23(2)20(28)17(15-12-14(26-3)10-11-16(15)24-23)22-29-18(13-8-6-5-7-9-13)19(30-22)21(25)27-4/h5-12,24H,1-4H3/b22-17-. The van der Waals surface area contributed by atoms with E-state index >= 15 is 0 Å². The number of nitrogens with one attached hydrogen (secondary N) is 1. The van der Waals surface area contributed by atoms with E-state index in [9.17, 15) is 4.79 Å². The summed E-state index contributed by atoms with van der Waals surface area (Å²) in [7, 11) is 3.06. The molecule has 154 valence electrons. The minimum atomic E-state index is -0.401. The average molecular weight is 456 g/mol. The van der Waals surface area contributed by atoms with Gasteiger partial charge in [0.05, 0.1) is 24.0 Å². The molecule has 0 unspecified atom stereocenters. The molecule has 4 nitrogen and oxygen atoms in total. The van der Waals surface area contributed by atoms with Crippen molar-refractivity contribution in [1.82, 2.24) is 0 Å². The molecule has 2 aromatic rings. The smallest absolute Gasteiger partial charge is 0.345 e. The van der Waals surface area contributed by atoms with Crippen molar-refractivity contribution in [1.29, 1.82) is 0 Å². The Kier molecular flexibility index (Phi) is 5.70. The third-order valence-electron chi connectivity index (χ3n) is 4.94. The van der Waals surface area contributed by atoms with Gasteiger partial charge in [0.2, 0.25) is 0 Å². The van der Waals surface area contributed by atoms with Gasteiger partial charge in [-0.15, -0.1) is 0 Å². The zero-order chi connectivity index (χ0) is 21.5. The van der Waals surface area contributed by atoms with Gasteiger partial charge in [-0.3, -0.25) is 0 Å². The minimum Gasteiger partial charge on any atom is -0.497 e. The Morgan fingerprint density at radius 1 is 1.07 bits per heavy atom. The summed E-state index contributed by atoms with van der Waals surface area (Å²) in [4.78, 5) is 14.9. The van der Waals surface area contributed by atoms with Crippen LogP contribution < -0.4 is 10.1 Å². The number of hydrogen-bond donors (Lipinski definition) is 1. The highest BCUT2D eigenvalue weighted by Gasteiger charge is 2.38. The second kappa shape index (κ2) is 8.13. The molecule has 2 aromatic carbocycles. The van der Waals surface area contributed by atoms with Crippen LogP contribution in [0.15, 0.2) is 57.7 Å². The third-order valence-corrected chi connectivity index (χ3v) is 8.29. The normalized spacial score (nSPS) is 19.9. The summed E-state index contributed by atoms with van der Waals surface area (Å²) in [5.41, 5.74) is 3.51. The predicted molar refractivity (Wildman–Crippen MR) is 131 cm³/mol. The maximum absolute atomic E-state index is 12.6. The highest BCUT2D eigenvalue weighted by Crippen LogP contribution is 2.58. The number of hydrogen-bond acceptors (Lipinski definition) is 7. The molecule has 0 radical (unpaired) electrons. The molecule has 0 amide bonds. The quantitative estimate of drug-likeness (QED) is 0.348. The van der Waals surface area contributed by atoms with Crippen LogP contribution in [-0.2, 0) is 9.53 Å². The largest absolute Gasteiger partial charge is 0.497 e. The number of anilines is 1. The van der Waals surface area contributed by atoms with E-state index in [2.05, 4.69) is 19.2 Å². The van der Waals surface area contributed by atoms with Gasteiger partial charge in [0, 0.05) is 26.6 Å². The van der Waals surface area contributed by atoms with E-state index in [1.807, 2.05) is 48.5 Å². The van der Waals surface area contributed by atoms with Gasteiger partial charge in [-0.25, -0.2) is 4.79 Å². The maximum atomic E-state index is 12.6. The summed E-state index contributed by atoms with van der Waals surface area (Å²) >= 11 is 8.92. The fourth-order valence-electron chi connectivity index (χ4n) is 3.40. The number of ether oxygens (including phenoxy) is 2. The summed E-state index contributed by atoms with van der Waals surface area (Å²) in [6.07, 6.45) is 0. The van der Waals surface area contributed by atoms with Crippen molar-refractivity contribution in [3.63, 3.8) is 0 Å². The number of rotatable bonds is 3. The van der Waals surface area contributed by atoms with Crippen molar-refractivity contribution in [2.75, 3.05) is 19.5 Å². The molecular weight excluding hydrogens is 434 g/mol. The van der Waals surface area contributed by atoms with Crippen molar-refractivity contribution >= 4 is 62.7 Å². The number of carbonyl (C=O) groups is 1. The van der Waals surface area contributed by atoms with Gasteiger partial charge in [-0.2, -0.15) is 0 Å². The van der Waals surface area contributed by atoms with E-state index in [-0.39, 0.29) is 5.97 Å². The van der Waals surface area contributed by atoms with Crippen LogP contribution in [0, 0.1) is 0 Å². The molecule has 4 rings (SSSR count). The monoisotopic (exact) mass is 455 g/mol. The van der Waals surface area contributed by atoms with E-state index in [1.54, 1.807) is 18.9 Å². The molecule has 1 N–H and O–H groups in total. The van der Waals surface area contributed by atoms with Crippen molar-refractivity contribution in [2.24, 2.45) is 0 Å². The lowest BCUT2D eigenvalue weighted by Crippen LogP contribution is -2.43. The van der Waals surface area contributed by atoms with Crippen LogP contribution in [0.25, 0.3) is 10.5 Å². The second-order valence-corrected chi connectivity index (χ2v) is 10.1.